The number of nitrogen functional groups attached to an aromatic ring is 1. The number of carbonyl (C=O) groups excluding carboxylic acids is 1. The second kappa shape index (κ2) is 12.7. The van der Waals surface area contributed by atoms with Gasteiger partial charge in [0, 0.05) is 50.7 Å². The van der Waals surface area contributed by atoms with Crippen molar-refractivity contribution in [2.75, 3.05) is 65.8 Å². The lowest BCUT2D eigenvalue weighted by atomic mass is 10.2. The number of likely N-dealkylation sites (N-methyl/N-ethyl adjacent to an activating group) is 2. The summed E-state index contributed by atoms with van der Waals surface area (Å²) in [6.45, 7) is 3.16. The maximum absolute atomic E-state index is 14.1. The average molecular weight is 562 g/mol. The van der Waals surface area contributed by atoms with Gasteiger partial charge in [0.2, 0.25) is 5.91 Å². The van der Waals surface area contributed by atoms with Crippen LogP contribution in [0.1, 0.15) is 5.56 Å². The second-order valence-corrected chi connectivity index (χ2v) is 9.63. The summed E-state index contributed by atoms with van der Waals surface area (Å²) >= 11 is 0. The number of ether oxygens (including phenoxy) is 3. The summed E-state index contributed by atoms with van der Waals surface area (Å²) in [4.78, 5) is 39.1. The Morgan fingerprint density at radius 3 is 2.51 bits per heavy atom. The first-order valence-corrected chi connectivity index (χ1v) is 12.9. The molecule has 2 N–H and O–H groups in total. The number of fused-ring (bicyclic) bond motifs is 1. The fourth-order valence-corrected chi connectivity index (χ4v) is 4.29. The van der Waals surface area contributed by atoms with Crippen molar-refractivity contribution >= 4 is 28.6 Å². The van der Waals surface area contributed by atoms with Crippen LogP contribution in [0, 0.1) is 6.92 Å². The molecule has 0 aliphatic carbocycles. The molecule has 2 aromatic carbocycles. The third kappa shape index (κ3) is 6.23. The van der Waals surface area contributed by atoms with E-state index in [-0.39, 0.29) is 18.3 Å². The van der Waals surface area contributed by atoms with E-state index in [4.69, 9.17) is 19.9 Å². The van der Waals surface area contributed by atoms with Crippen molar-refractivity contribution in [3.8, 4) is 22.9 Å². The maximum atomic E-state index is 14.1. The molecule has 12 heteroatoms. The molecule has 0 atom stereocenters. The number of imidazole rings is 1. The fourth-order valence-electron chi connectivity index (χ4n) is 4.29. The number of rotatable bonds is 11. The molecular formula is C29H35N7O5. The average Bonchev–Trinajstić information content (AvgIpc) is 3.25. The van der Waals surface area contributed by atoms with Crippen molar-refractivity contribution in [1.82, 2.24) is 24.0 Å². The van der Waals surface area contributed by atoms with Crippen LogP contribution in [0.3, 0.4) is 0 Å². The largest absolute Gasteiger partial charge is 0.496 e. The normalized spacial score (nSPS) is 11.5. The fraction of sp³-hybridized carbons (Fsp3) is 0.310. The Kier molecular flexibility index (Phi) is 9.05. The quantitative estimate of drug-likeness (QED) is 0.217. The van der Waals surface area contributed by atoms with E-state index in [0.717, 1.165) is 5.56 Å². The van der Waals surface area contributed by atoms with Gasteiger partial charge in [0.05, 0.1) is 25.1 Å². The summed E-state index contributed by atoms with van der Waals surface area (Å²) in [5.41, 5.74) is 8.89. The number of aromatic nitrogens is 4. The topological polar surface area (TPSA) is 130 Å². The Labute approximate surface area is 238 Å². The Bertz CT molecular complexity index is 1640. The van der Waals surface area contributed by atoms with Crippen molar-refractivity contribution in [1.29, 1.82) is 0 Å². The molecule has 0 saturated heterocycles. The van der Waals surface area contributed by atoms with Gasteiger partial charge < -0.3 is 29.7 Å². The van der Waals surface area contributed by atoms with E-state index < -0.39 is 5.69 Å². The van der Waals surface area contributed by atoms with Crippen LogP contribution in [0.4, 0.5) is 11.5 Å². The third-order valence-electron chi connectivity index (χ3n) is 6.44. The molecule has 4 rings (SSSR count). The van der Waals surface area contributed by atoms with Gasteiger partial charge in [0.1, 0.15) is 29.9 Å². The van der Waals surface area contributed by atoms with Gasteiger partial charge in [-0.15, -0.1) is 0 Å². The standard InChI is InChI=1S/C29H35N7O5/c1-19-9-10-20(17-24(19)40-6)35-26-27(30)31-18-32-28(26)36(29(35)38)22-14-21(15-23(16-22)41-13-12-39-5)34(4)25(37)8-7-11-33(2)3/h7-10,14-18H,11-13H2,1-6H3,(H2,30,31,32). The number of benzene rings is 2. The molecule has 12 nitrogen and oxygen atoms in total. The zero-order valence-electron chi connectivity index (χ0n) is 24.1. The Balaban J connectivity index is 1.92. The highest BCUT2D eigenvalue weighted by Crippen LogP contribution is 2.30. The van der Waals surface area contributed by atoms with E-state index in [2.05, 4.69) is 9.97 Å². The molecule has 0 unspecified atom stereocenters. The lowest BCUT2D eigenvalue weighted by molar-refractivity contribution is -0.113. The monoisotopic (exact) mass is 561 g/mol. The van der Waals surface area contributed by atoms with Crippen LogP contribution in [0.15, 0.2) is 59.7 Å². The van der Waals surface area contributed by atoms with Crippen molar-refractivity contribution in [2.45, 2.75) is 6.92 Å². The molecule has 216 valence electrons. The summed E-state index contributed by atoms with van der Waals surface area (Å²) in [5, 5.41) is 0. The van der Waals surface area contributed by atoms with E-state index in [1.54, 1.807) is 57.7 Å². The van der Waals surface area contributed by atoms with E-state index >= 15 is 0 Å². The maximum Gasteiger partial charge on any atom is 0.339 e. The number of hydrogen-bond donors (Lipinski definition) is 1. The third-order valence-corrected chi connectivity index (χ3v) is 6.44. The highest BCUT2D eigenvalue weighted by molar-refractivity contribution is 6.01. The minimum Gasteiger partial charge on any atom is -0.496 e. The number of aryl methyl sites for hydroxylation is 1. The van der Waals surface area contributed by atoms with Crippen LogP contribution in [0.2, 0.25) is 0 Å². The molecule has 0 aliphatic rings. The number of nitrogens with zero attached hydrogens (tertiary/aromatic N) is 6. The minimum atomic E-state index is -0.432. The highest BCUT2D eigenvalue weighted by Gasteiger charge is 2.22. The summed E-state index contributed by atoms with van der Waals surface area (Å²) in [5.74, 6) is 0.957. The van der Waals surface area contributed by atoms with E-state index in [9.17, 15) is 9.59 Å². The van der Waals surface area contributed by atoms with Gasteiger partial charge in [-0.1, -0.05) is 12.1 Å². The smallest absolute Gasteiger partial charge is 0.339 e. The molecule has 2 heterocycles. The van der Waals surface area contributed by atoms with Gasteiger partial charge in [0.15, 0.2) is 11.5 Å². The summed E-state index contributed by atoms with van der Waals surface area (Å²) < 4.78 is 19.4. The first-order valence-electron chi connectivity index (χ1n) is 12.9. The van der Waals surface area contributed by atoms with Crippen LogP contribution < -0.4 is 25.8 Å². The number of nitrogens with two attached hydrogens (primary N) is 1. The molecule has 0 fully saturated rings. The number of methoxy groups -OCH3 is 2. The summed E-state index contributed by atoms with van der Waals surface area (Å²) in [7, 11) is 8.65. The highest BCUT2D eigenvalue weighted by atomic mass is 16.5. The molecule has 1 amide bonds. The molecule has 41 heavy (non-hydrogen) atoms. The van der Waals surface area contributed by atoms with Crippen LogP contribution in [0.5, 0.6) is 11.5 Å². The molecule has 4 aromatic rings. The Morgan fingerprint density at radius 2 is 1.80 bits per heavy atom. The van der Waals surface area contributed by atoms with Crippen LogP contribution in [0.25, 0.3) is 22.5 Å². The lowest BCUT2D eigenvalue weighted by Crippen LogP contribution is -2.26. The zero-order chi connectivity index (χ0) is 29.7. The molecule has 0 spiro atoms. The molecule has 0 radical (unpaired) electrons. The van der Waals surface area contributed by atoms with E-state index in [1.165, 1.54) is 26.4 Å². The van der Waals surface area contributed by atoms with Gasteiger partial charge in [-0.05, 0) is 38.7 Å². The molecule has 0 aliphatic heterocycles. The van der Waals surface area contributed by atoms with Gasteiger partial charge in [-0.2, -0.15) is 0 Å². The van der Waals surface area contributed by atoms with Gasteiger partial charge in [-0.25, -0.2) is 19.3 Å². The first-order chi connectivity index (χ1) is 19.7. The predicted octanol–water partition coefficient (Wildman–Crippen LogP) is 2.58. The first kappa shape index (κ1) is 29.3. The molecule has 2 aromatic heterocycles. The second-order valence-electron chi connectivity index (χ2n) is 9.63. The number of hydrogen-bond acceptors (Lipinski definition) is 9. The van der Waals surface area contributed by atoms with Crippen LogP contribution >= 0.6 is 0 Å². The van der Waals surface area contributed by atoms with Gasteiger partial charge in [-0.3, -0.25) is 9.36 Å². The Hall–Kier alpha value is -4.68. The minimum absolute atomic E-state index is 0.136. The van der Waals surface area contributed by atoms with Crippen molar-refractivity contribution in [3.05, 3.63) is 70.9 Å². The zero-order valence-corrected chi connectivity index (χ0v) is 24.1. The van der Waals surface area contributed by atoms with E-state index in [0.29, 0.717) is 52.9 Å². The van der Waals surface area contributed by atoms with Gasteiger partial charge >= 0.3 is 5.69 Å². The lowest BCUT2D eigenvalue weighted by Gasteiger charge is -2.19. The van der Waals surface area contributed by atoms with Crippen molar-refractivity contribution < 1.29 is 19.0 Å². The SMILES string of the molecule is COCCOc1cc(N(C)C(=O)C=CCN(C)C)cc(-n2c(=O)n(-c3ccc(C)c(OC)c3)c3c(N)ncnc32)c1. The molecule has 0 saturated carbocycles. The van der Waals surface area contributed by atoms with Crippen molar-refractivity contribution in [3.63, 3.8) is 0 Å². The van der Waals surface area contributed by atoms with Crippen molar-refractivity contribution in [2.24, 2.45) is 0 Å². The summed E-state index contributed by atoms with van der Waals surface area (Å²) in [6, 6.07) is 10.6. The van der Waals surface area contributed by atoms with E-state index in [1.807, 2.05) is 32.0 Å². The van der Waals surface area contributed by atoms with Gasteiger partial charge in [0.25, 0.3) is 0 Å². The van der Waals surface area contributed by atoms with Crippen LogP contribution in [-0.2, 0) is 9.53 Å². The predicted molar refractivity (Wildman–Crippen MR) is 159 cm³/mol. The number of carbonyl (C=O) groups is 1. The number of anilines is 2. The van der Waals surface area contributed by atoms with Crippen LogP contribution in [-0.4, -0.2) is 85.0 Å². The molecular weight excluding hydrogens is 526 g/mol. The summed E-state index contributed by atoms with van der Waals surface area (Å²) in [6.07, 6.45) is 4.60. The number of amides is 1. The Morgan fingerprint density at radius 1 is 1.02 bits per heavy atom. The molecule has 0 bridgehead atoms.